The first-order chi connectivity index (χ1) is 8.56. The van der Waals surface area contributed by atoms with Crippen LogP contribution in [0, 0.1) is 5.82 Å². The van der Waals surface area contributed by atoms with E-state index in [1.54, 1.807) is 18.2 Å². The quantitative estimate of drug-likeness (QED) is 0.820. The first kappa shape index (κ1) is 12.8. The van der Waals surface area contributed by atoms with Crippen LogP contribution in [-0.4, -0.2) is 10.2 Å². The third kappa shape index (κ3) is 2.96. The van der Waals surface area contributed by atoms with E-state index in [2.05, 4.69) is 0 Å². The van der Waals surface area contributed by atoms with Gasteiger partial charge in [-0.15, -0.1) is 11.8 Å². The van der Waals surface area contributed by atoms with Crippen molar-refractivity contribution in [1.29, 1.82) is 0 Å². The predicted molar refractivity (Wildman–Crippen MR) is 70.4 cm³/mol. The van der Waals surface area contributed by atoms with Gasteiger partial charge in [-0.1, -0.05) is 12.1 Å². The molecule has 4 heteroatoms. The molecular weight excluding hydrogens is 251 g/mol. The zero-order valence-corrected chi connectivity index (χ0v) is 10.6. The first-order valence-corrected chi connectivity index (χ1v) is 6.38. The number of halogens is 1. The first-order valence-electron chi connectivity index (χ1n) is 5.50. The fraction of sp³-hybridized carbons (Fsp3) is 0.143. The Kier molecular flexibility index (Phi) is 3.77. The van der Waals surface area contributed by atoms with Crippen LogP contribution < -0.4 is 0 Å². The van der Waals surface area contributed by atoms with Crippen LogP contribution in [-0.2, 0) is 0 Å². The molecular formula is C14H13FO2S. The Bertz CT molecular complexity index is 540. The van der Waals surface area contributed by atoms with E-state index in [0.717, 1.165) is 10.5 Å². The maximum atomic E-state index is 13.2. The fourth-order valence-corrected chi connectivity index (χ4v) is 2.60. The van der Waals surface area contributed by atoms with Crippen molar-refractivity contribution < 1.29 is 14.6 Å². The van der Waals surface area contributed by atoms with Crippen molar-refractivity contribution >= 4 is 11.8 Å². The van der Waals surface area contributed by atoms with E-state index in [0.29, 0.717) is 0 Å². The second-order valence-electron chi connectivity index (χ2n) is 3.96. The second-order valence-corrected chi connectivity index (χ2v) is 5.38. The Labute approximate surface area is 109 Å². The van der Waals surface area contributed by atoms with Gasteiger partial charge in [0.2, 0.25) is 0 Å². The molecule has 0 heterocycles. The number of aromatic hydroxyl groups is 2. The normalized spacial score (nSPS) is 12.3. The maximum absolute atomic E-state index is 13.2. The molecule has 0 spiro atoms. The van der Waals surface area contributed by atoms with E-state index in [-0.39, 0.29) is 16.7 Å². The summed E-state index contributed by atoms with van der Waals surface area (Å²) in [5.74, 6) is -0.721. The number of benzene rings is 2. The minimum absolute atomic E-state index is 0.134. The lowest BCUT2D eigenvalue weighted by Gasteiger charge is -2.12. The number of hydrogen-bond acceptors (Lipinski definition) is 3. The zero-order chi connectivity index (χ0) is 13.1. The standard InChI is InChI=1S/C14H13FO2S/c1-9(10-2-4-11(16)5-3-10)18-12-6-7-14(17)13(15)8-12/h2-9,16-17H,1H3. The highest BCUT2D eigenvalue weighted by Crippen LogP contribution is 2.36. The van der Waals surface area contributed by atoms with Crippen LogP contribution in [0.2, 0.25) is 0 Å². The van der Waals surface area contributed by atoms with Gasteiger partial charge in [-0.05, 0) is 42.8 Å². The van der Waals surface area contributed by atoms with Crippen LogP contribution in [0.4, 0.5) is 4.39 Å². The summed E-state index contributed by atoms with van der Waals surface area (Å²) >= 11 is 1.49. The number of rotatable bonds is 3. The fourth-order valence-electron chi connectivity index (χ4n) is 1.58. The second kappa shape index (κ2) is 5.31. The summed E-state index contributed by atoms with van der Waals surface area (Å²) in [5, 5.41) is 18.5. The minimum Gasteiger partial charge on any atom is -0.508 e. The molecule has 18 heavy (non-hydrogen) atoms. The lowest BCUT2D eigenvalue weighted by atomic mass is 10.2. The van der Waals surface area contributed by atoms with Crippen molar-refractivity contribution in [3.8, 4) is 11.5 Å². The Balaban J connectivity index is 2.13. The van der Waals surface area contributed by atoms with Crippen LogP contribution in [0.3, 0.4) is 0 Å². The topological polar surface area (TPSA) is 40.5 Å². The highest BCUT2D eigenvalue weighted by atomic mass is 32.2. The van der Waals surface area contributed by atoms with Gasteiger partial charge in [-0.2, -0.15) is 0 Å². The third-order valence-electron chi connectivity index (χ3n) is 2.59. The van der Waals surface area contributed by atoms with Gasteiger partial charge in [-0.3, -0.25) is 0 Å². The molecule has 0 bridgehead atoms. The Hall–Kier alpha value is -1.68. The van der Waals surface area contributed by atoms with Crippen LogP contribution in [0.25, 0.3) is 0 Å². The summed E-state index contributed by atoms with van der Waals surface area (Å²) in [4.78, 5) is 0.755. The molecule has 2 N–H and O–H groups in total. The summed E-state index contributed by atoms with van der Waals surface area (Å²) in [6.07, 6.45) is 0. The Morgan fingerprint density at radius 3 is 2.33 bits per heavy atom. The highest BCUT2D eigenvalue weighted by molar-refractivity contribution is 7.99. The minimum atomic E-state index is -0.613. The largest absolute Gasteiger partial charge is 0.508 e. The van der Waals surface area contributed by atoms with Crippen molar-refractivity contribution in [3.05, 3.63) is 53.8 Å². The van der Waals surface area contributed by atoms with Gasteiger partial charge in [0.25, 0.3) is 0 Å². The molecule has 2 nitrogen and oxygen atoms in total. The molecule has 0 aromatic heterocycles. The van der Waals surface area contributed by atoms with Crippen LogP contribution in [0.1, 0.15) is 17.7 Å². The highest BCUT2D eigenvalue weighted by Gasteiger charge is 2.09. The SMILES string of the molecule is CC(Sc1ccc(O)c(F)c1)c1ccc(O)cc1. The van der Waals surface area contributed by atoms with Gasteiger partial charge in [0.1, 0.15) is 5.75 Å². The van der Waals surface area contributed by atoms with Crippen molar-refractivity contribution in [2.75, 3.05) is 0 Å². The van der Waals surface area contributed by atoms with Crippen LogP contribution >= 0.6 is 11.8 Å². The van der Waals surface area contributed by atoms with E-state index < -0.39 is 5.82 Å². The van der Waals surface area contributed by atoms with Gasteiger partial charge in [-0.25, -0.2) is 4.39 Å². The molecule has 2 rings (SSSR count). The molecule has 0 fully saturated rings. The molecule has 0 amide bonds. The number of thioether (sulfide) groups is 1. The van der Waals surface area contributed by atoms with Gasteiger partial charge in [0, 0.05) is 10.1 Å². The van der Waals surface area contributed by atoms with Crippen LogP contribution in [0.15, 0.2) is 47.4 Å². The zero-order valence-electron chi connectivity index (χ0n) is 9.80. The van der Waals surface area contributed by atoms with Gasteiger partial charge in [0.05, 0.1) is 0 Å². The van der Waals surface area contributed by atoms with Crippen molar-refractivity contribution in [2.45, 2.75) is 17.1 Å². The smallest absolute Gasteiger partial charge is 0.165 e. The molecule has 0 aliphatic carbocycles. The molecule has 1 atom stereocenters. The molecule has 0 saturated carbocycles. The van der Waals surface area contributed by atoms with Gasteiger partial charge in [0.15, 0.2) is 11.6 Å². The monoisotopic (exact) mass is 264 g/mol. The molecule has 2 aromatic rings. The summed E-state index contributed by atoms with van der Waals surface area (Å²) in [7, 11) is 0. The van der Waals surface area contributed by atoms with E-state index in [1.165, 1.54) is 23.9 Å². The molecule has 0 radical (unpaired) electrons. The van der Waals surface area contributed by atoms with E-state index in [1.807, 2.05) is 19.1 Å². The average Bonchev–Trinajstić information content (AvgIpc) is 2.34. The molecule has 0 saturated heterocycles. The van der Waals surface area contributed by atoms with E-state index in [4.69, 9.17) is 5.11 Å². The van der Waals surface area contributed by atoms with E-state index in [9.17, 15) is 9.50 Å². The summed E-state index contributed by atoms with van der Waals surface area (Å²) in [6.45, 7) is 2.00. The Morgan fingerprint density at radius 1 is 1.06 bits per heavy atom. The average molecular weight is 264 g/mol. The van der Waals surface area contributed by atoms with Crippen LogP contribution in [0.5, 0.6) is 11.5 Å². The number of phenolic OH excluding ortho intramolecular Hbond substituents is 2. The van der Waals surface area contributed by atoms with E-state index >= 15 is 0 Å². The molecule has 0 aliphatic rings. The summed E-state index contributed by atoms with van der Waals surface area (Å²) in [5.41, 5.74) is 1.05. The molecule has 1 unspecified atom stereocenters. The van der Waals surface area contributed by atoms with Gasteiger partial charge < -0.3 is 10.2 Å². The maximum Gasteiger partial charge on any atom is 0.165 e. The van der Waals surface area contributed by atoms with Crippen molar-refractivity contribution in [1.82, 2.24) is 0 Å². The molecule has 0 aliphatic heterocycles. The van der Waals surface area contributed by atoms with Crippen molar-refractivity contribution in [2.24, 2.45) is 0 Å². The number of hydrogen-bond donors (Lipinski definition) is 2. The number of phenols is 2. The Morgan fingerprint density at radius 2 is 1.72 bits per heavy atom. The molecule has 94 valence electrons. The summed E-state index contributed by atoms with van der Waals surface area (Å²) in [6, 6.07) is 11.3. The third-order valence-corrected chi connectivity index (χ3v) is 3.75. The lowest BCUT2D eigenvalue weighted by molar-refractivity contribution is 0.431. The summed E-state index contributed by atoms with van der Waals surface area (Å²) < 4.78 is 13.2. The molecule has 2 aromatic carbocycles. The lowest BCUT2D eigenvalue weighted by Crippen LogP contribution is -1.88. The van der Waals surface area contributed by atoms with Crippen molar-refractivity contribution in [3.63, 3.8) is 0 Å². The van der Waals surface area contributed by atoms with Gasteiger partial charge >= 0.3 is 0 Å². The predicted octanol–water partition coefficient (Wildman–Crippen LogP) is 4.09.